The summed E-state index contributed by atoms with van der Waals surface area (Å²) < 4.78 is 0. The number of carboxylic acids is 2. The Kier molecular flexibility index (Phi) is 4.08. The maximum atomic E-state index is 10.7. The van der Waals surface area contributed by atoms with Crippen LogP contribution in [0.2, 0.25) is 0 Å². The maximum absolute atomic E-state index is 10.7. The summed E-state index contributed by atoms with van der Waals surface area (Å²) in [5.74, 6) is -13.1. The molecule has 0 bridgehead atoms. The lowest BCUT2D eigenvalue weighted by Gasteiger charge is -2.04. The third-order valence-electron chi connectivity index (χ3n) is 1.27. The molecule has 9 nitrogen and oxygen atoms in total. The quantitative estimate of drug-likeness (QED) is 0.205. The number of hydrogen-bond donors (Lipinski definition) is 3. The summed E-state index contributed by atoms with van der Waals surface area (Å²) in [6, 6.07) is 0. The van der Waals surface area contributed by atoms with Crippen molar-refractivity contribution >= 4 is 29.5 Å². The molecular formula is C6H4O9. The highest BCUT2D eigenvalue weighted by molar-refractivity contribution is 6.51. The molecule has 0 fully saturated rings. The summed E-state index contributed by atoms with van der Waals surface area (Å²) in [6.07, 6.45) is 0. The summed E-state index contributed by atoms with van der Waals surface area (Å²) in [7, 11) is 0. The van der Waals surface area contributed by atoms with Crippen LogP contribution in [0.5, 0.6) is 0 Å². The molecule has 0 aromatic carbocycles. The number of carboxylic acid groups (broad SMARTS) is 2. The molecule has 0 saturated carbocycles. The average molecular weight is 220 g/mol. The fourth-order valence-corrected chi connectivity index (χ4v) is 0.633. The largest absolute Gasteiger partial charge is 0.475 e. The molecule has 0 aromatic rings. The number of carbonyl (C=O) groups excluding carboxylic acids is 3. The van der Waals surface area contributed by atoms with Crippen molar-refractivity contribution in [2.24, 2.45) is 5.92 Å². The average Bonchev–Trinajstić information content (AvgIpc) is 2.16. The highest BCUT2D eigenvalue weighted by atomic mass is 17.1. The maximum Gasteiger partial charge on any atom is 0.373 e. The van der Waals surface area contributed by atoms with Gasteiger partial charge >= 0.3 is 17.9 Å². The zero-order valence-electron chi connectivity index (χ0n) is 6.87. The Balaban J connectivity index is 5.15. The van der Waals surface area contributed by atoms with E-state index in [4.69, 9.17) is 15.5 Å². The molecule has 0 atom stereocenters. The first-order valence-corrected chi connectivity index (χ1v) is 3.22. The van der Waals surface area contributed by atoms with E-state index in [9.17, 15) is 24.0 Å². The SMILES string of the molecule is O=C(O)C(=O)C(C(=O)OO)C(=O)C(=O)O. The lowest BCUT2D eigenvalue weighted by molar-refractivity contribution is -0.237. The van der Waals surface area contributed by atoms with Crippen LogP contribution in [0.1, 0.15) is 0 Å². The minimum Gasteiger partial charge on any atom is -0.475 e. The van der Waals surface area contributed by atoms with Crippen molar-refractivity contribution in [2.45, 2.75) is 0 Å². The number of aliphatic carboxylic acids is 2. The van der Waals surface area contributed by atoms with Crippen molar-refractivity contribution in [1.29, 1.82) is 0 Å². The van der Waals surface area contributed by atoms with Crippen LogP contribution in [-0.4, -0.2) is 44.9 Å². The van der Waals surface area contributed by atoms with Crippen LogP contribution in [0, 0.1) is 5.92 Å². The first-order valence-electron chi connectivity index (χ1n) is 3.22. The zero-order chi connectivity index (χ0) is 12.2. The van der Waals surface area contributed by atoms with Crippen molar-refractivity contribution in [3.63, 3.8) is 0 Å². The van der Waals surface area contributed by atoms with Gasteiger partial charge in [-0.15, -0.1) is 0 Å². The monoisotopic (exact) mass is 220 g/mol. The summed E-state index contributed by atoms with van der Waals surface area (Å²) in [6.45, 7) is 0. The Bertz CT molecular complexity index is 315. The summed E-state index contributed by atoms with van der Waals surface area (Å²) in [4.78, 5) is 55.1. The smallest absolute Gasteiger partial charge is 0.373 e. The Morgan fingerprint density at radius 2 is 1.20 bits per heavy atom. The van der Waals surface area contributed by atoms with Crippen LogP contribution in [0.3, 0.4) is 0 Å². The van der Waals surface area contributed by atoms with Gasteiger partial charge in [-0.2, -0.15) is 5.26 Å². The molecule has 0 unspecified atom stereocenters. The minimum atomic E-state index is -2.70. The number of Topliss-reactive ketones (excluding diaryl/α,β-unsaturated/α-hetero) is 2. The Morgan fingerprint density at radius 1 is 0.867 bits per heavy atom. The van der Waals surface area contributed by atoms with Crippen molar-refractivity contribution < 1.29 is 44.3 Å². The van der Waals surface area contributed by atoms with Crippen LogP contribution in [0.4, 0.5) is 0 Å². The number of rotatable bonds is 5. The predicted octanol–water partition coefficient (Wildman–Crippen LogP) is -2.07. The van der Waals surface area contributed by atoms with Gasteiger partial charge < -0.3 is 10.2 Å². The second kappa shape index (κ2) is 4.81. The standard InChI is InChI=1S/C6H4O9/c7-2(4(9)10)1(6(13)15-14)3(8)5(11)12/h1,14H,(H,9,10)(H,11,12). The molecule has 0 rings (SSSR count). The summed E-state index contributed by atoms with van der Waals surface area (Å²) in [5.41, 5.74) is 0. The fourth-order valence-electron chi connectivity index (χ4n) is 0.633. The van der Waals surface area contributed by atoms with Crippen molar-refractivity contribution in [1.82, 2.24) is 0 Å². The van der Waals surface area contributed by atoms with Crippen molar-refractivity contribution in [3.05, 3.63) is 0 Å². The molecular weight excluding hydrogens is 216 g/mol. The van der Waals surface area contributed by atoms with Gasteiger partial charge in [0.2, 0.25) is 0 Å². The van der Waals surface area contributed by atoms with E-state index >= 15 is 0 Å². The Morgan fingerprint density at radius 3 is 1.40 bits per heavy atom. The summed E-state index contributed by atoms with van der Waals surface area (Å²) in [5, 5.41) is 24.1. The van der Waals surface area contributed by atoms with Crippen LogP contribution in [-0.2, 0) is 28.9 Å². The van der Waals surface area contributed by atoms with E-state index in [1.54, 1.807) is 0 Å². The van der Waals surface area contributed by atoms with Gasteiger partial charge in [0.15, 0.2) is 5.92 Å². The van der Waals surface area contributed by atoms with E-state index in [2.05, 4.69) is 4.89 Å². The topological polar surface area (TPSA) is 155 Å². The molecule has 3 N–H and O–H groups in total. The van der Waals surface area contributed by atoms with E-state index in [1.807, 2.05) is 0 Å². The molecule has 0 aliphatic heterocycles. The van der Waals surface area contributed by atoms with Crippen LogP contribution in [0.25, 0.3) is 0 Å². The molecule has 0 spiro atoms. The van der Waals surface area contributed by atoms with Gasteiger partial charge in [-0.1, -0.05) is 0 Å². The van der Waals surface area contributed by atoms with Crippen LogP contribution < -0.4 is 0 Å². The summed E-state index contributed by atoms with van der Waals surface area (Å²) >= 11 is 0. The van der Waals surface area contributed by atoms with E-state index in [0.717, 1.165) is 0 Å². The molecule has 9 heteroatoms. The first kappa shape index (κ1) is 12.7. The van der Waals surface area contributed by atoms with Gasteiger partial charge in [-0.05, 0) is 0 Å². The molecule has 82 valence electrons. The third kappa shape index (κ3) is 2.84. The molecule has 0 amide bonds. The van der Waals surface area contributed by atoms with Crippen LogP contribution in [0.15, 0.2) is 0 Å². The fraction of sp³-hybridized carbons (Fsp3) is 0.167. The predicted molar refractivity (Wildman–Crippen MR) is 37.5 cm³/mol. The van der Waals surface area contributed by atoms with E-state index in [1.165, 1.54) is 0 Å². The normalized spacial score (nSPS) is 9.47. The molecule has 0 aliphatic rings. The van der Waals surface area contributed by atoms with E-state index < -0.39 is 35.4 Å². The number of hydrogen-bond acceptors (Lipinski definition) is 7. The minimum absolute atomic E-state index is 1.96. The second-order valence-corrected chi connectivity index (χ2v) is 2.18. The van der Waals surface area contributed by atoms with Crippen LogP contribution >= 0.6 is 0 Å². The van der Waals surface area contributed by atoms with Gasteiger partial charge in [0, 0.05) is 0 Å². The van der Waals surface area contributed by atoms with Gasteiger partial charge in [0.1, 0.15) is 0 Å². The lowest BCUT2D eigenvalue weighted by atomic mass is 9.99. The zero-order valence-corrected chi connectivity index (χ0v) is 6.87. The molecule has 0 heterocycles. The first-order chi connectivity index (χ1) is 6.82. The highest BCUT2D eigenvalue weighted by Gasteiger charge is 2.43. The van der Waals surface area contributed by atoms with Crippen molar-refractivity contribution in [2.75, 3.05) is 0 Å². The van der Waals surface area contributed by atoms with Gasteiger partial charge in [-0.25, -0.2) is 14.4 Å². The molecule has 15 heavy (non-hydrogen) atoms. The molecule has 0 aromatic heterocycles. The van der Waals surface area contributed by atoms with Gasteiger partial charge in [0.05, 0.1) is 0 Å². The molecule has 0 radical (unpaired) electrons. The number of ketones is 2. The van der Waals surface area contributed by atoms with E-state index in [-0.39, 0.29) is 0 Å². The van der Waals surface area contributed by atoms with Gasteiger partial charge in [0.25, 0.3) is 11.6 Å². The number of carbonyl (C=O) groups is 5. The molecule has 0 saturated heterocycles. The second-order valence-electron chi connectivity index (χ2n) is 2.18. The molecule has 0 aliphatic carbocycles. The van der Waals surface area contributed by atoms with E-state index in [0.29, 0.717) is 0 Å². The Hall–Kier alpha value is -2.29. The Labute approximate surface area is 80.8 Å². The van der Waals surface area contributed by atoms with Crippen molar-refractivity contribution in [3.8, 4) is 0 Å². The van der Waals surface area contributed by atoms with Gasteiger partial charge in [-0.3, -0.25) is 14.5 Å². The lowest BCUT2D eigenvalue weighted by Crippen LogP contribution is -2.40. The third-order valence-corrected chi connectivity index (χ3v) is 1.27. The highest BCUT2D eigenvalue weighted by Crippen LogP contribution is 2.04.